The second kappa shape index (κ2) is 5.12. The molecular formula is C12H15N3O3. The summed E-state index contributed by atoms with van der Waals surface area (Å²) in [6.07, 6.45) is 4.47. The van der Waals surface area contributed by atoms with Gasteiger partial charge in [-0.3, -0.25) is 9.78 Å². The summed E-state index contributed by atoms with van der Waals surface area (Å²) in [4.78, 5) is 31.6. The highest BCUT2D eigenvalue weighted by atomic mass is 16.4. The fraction of sp³-hybridized carbons (Fsp3) is 0.500. The van der Waals surface area contributed by atoms with Crippen LogP contribution in [0.25, 0.3) is 0 Å². The van der Waals surface area contributed by atoms with Gasteiger partial charge in [-0.15, -0.1) is 0 Å². The number of rotatable bonds is 3. The molecule has 1 aromatic heterocycles. The molecule has 1 aliphatic rings. The SMILES string of the molecule is CC(=O)N1CCC(Cc2cnc(C(=O)O)cn2)C1. The van der Waals surface area contributed by atoms with Gasteiger partial charge in [0.1, 0.15) is 0 Å². The van der Waals surface area contributed by atoms with Crippen LogP contribution in [-0.2, 0) is 11.2 Å². The van der Waals surface area contributed by atoms with Crippen LogP contribution in [0.2, 0.25) is 0 Å². The van der Waals surface area contributed by atoms with Gasteiger partial charge < -0.3 is 10.0 Å². The zero-order valence-corrected chi connectivity index (χ0v) is 10.2. The fourth-order valence-corrected chi connectivity index (χ4v) is 2.15. The molecule has 2 rings (SSSR count). The Kier molecular flexibility index (Phi) is 3.55. The summed E-state index contributed by atoms with van der Waals surface area (Å²) in [6.45, 7) is 3.11. The largest absolute Gasteiger partial charge is 0.476 e. The highest BCUT2D eigenvalue weighted by Crippen LogP contribution is 2.19. The molecule has 0 spiro atoms. The molecule has 1 saturated heterocycles. The Morgan fingerprint density at radius 2 is 2.22 bits per heavy atom. The molecule has 0 aromatic carbocycles. The van der Waals surface area contributed by atoms with Gasteiger partial charge >= 0.3 is 5.97 Å². The number of nitrogens with zero attached hydrogens (tertiary/aromatic N) is 3. The normalized spacial score (nSPS) is 18.9. The van der Waals surface area contributed by atoms with E-state index >= 15 is 0 Å². The van der Waals surface area contributed by atoms with Crippen LogP contribution >= 0.6 is 0 Å². The van der Waals surface area contributed by atoms with Crippen LogP contribution < -0.4 is 0 Å². The Labute approximate surface area is 105 Å². The summed E-state index contributed by atoms with van der Waals surface area (Å²) in [5.41, 5.74) is 0.728. The number of aromatic carboxylic acids is 1. The molecule has 1 unspecified atom stereocenters. The molecule has 96 valence electrons. The summed E-state index contributed by atoms with van der Waals surface area (Å²) >= 11 is 0. The van der Waals surface area contributed by atoms with Crippen molar-refractivity contribution < 1.29 is 14.7 Å². The van der Waals surface area contributed by atoms with Crippen LogP contribution in [0, 0.1) is 5.92 Å². The van der Waals surface area contributed by atoms with E-state index < -0.39 is 5.97 Å². The summed E-state index contributed by atoms with van der Waals surface area (Å²) in [7, 11) is 0. The average molecular weight is 249 g/mol. The minimum Gasteiger partial charge on any atom is -0.476 e. The number of carbonyl (C=O) groups excluding carboxylic acids is 1. The molecule has 18 heavy (non-hydrogen) atoms. The first-order valence-electron chi connectivity index (χ1n) is 5.86. The second-order valence-corrected chi connectivity index (χ2v) is 4.52. The third kappa shape index (κ3) is 2.82. The number of amides is 1. The van der Waals surface area contributed by atoms with Gasteiger partial charge in [-0.1, -0.05) is 0 Å². The number of hydrogen-bond acceptors (Lipinski definition) is 4. The van der Waals surface area contributed by atoms with Gasteiger partial charge in [-0.25, -0.2) is 9.78 Å². The van der Waals surface area contributed by atoms with Crippen molar-refractivity contribution in [2.24, 2.45) is 5.92 Å². The maximum Gasteiger partial charge on any atom is 0.356 e. The maximum atomic E-state index is 11.2. The van der Waals surface area contributed by atoms with Crippen molar-refractivity contribution in [1.82, 2.24) is 14.9 Å². The molecule has 6 nitrogen and oxygen atoms in total. The molecule has 1 fully saturated rings. The first kappa shape index (κ1) is 12.5. The van der Waals surface area contributed by atoms with E-state index in [1.807, 2.05) is 4.90 Å². The third-order valence-electron chi connectivity index (χ3n) is 3.15. The Morgan fingerprint density at radius 3 is 2.72 bits per heavy atom. The lowest BCUT2D eigenvalue weighted by Gasteiger charge is -2.13. The monoisotopic (exact) mass is 249 g/mol. The van der Waals surface area contributed by atoms with E-state index in [-0.39, 0.29) is 11.6 Å². The Hall–Kier alpha value is -1.98. The van der Waals surface area contributed by atoms with Crippen LogP contribution in [0.3, 0.4) is 0 Å². The van der Waals surface area contributed by atoms with Crippen LogP contribution in [0.5, 0.6) is 0 Å². The molecule has 0 saturated carbocycles. The molecule has 1 N–H and O–H groups in total. The van der Waals surface area contributed by atoms with Gasteiger partial charge in [0.25, 0.3) is 0 Å². The molecule has 6 heteroatoms. The molecule has 1 atom stereocenters. The summed E-state index contributed by atoms with van der Waals surface area (Å²) in [6, 6.07) is 0. The van der Waals surface area contributed by atoms with Crippen molar-refractivity contribution in [3.8, 4) is 0 Å². The number of carboxylic acid groups (broad SMARTS) is 1. The van der Waals surface area contributed by atoms with Crippen LogP contribution in [0.15, 0.2) is 12.4 Å². The standard InChI is InChI=1S/C12H15N3O3/c1-8(16)15-3-2-9(7-15)4-10-5-14-11(6-13-10)12(17)18/h5-6,9H,2-4,7H2,1H3,(H,17,18). The molecule has 1 aliphatic heterocycles. The first-order valence-corrected chi connectivity index (χ1v) is 5.86. The van der Waals surface area contributed by atoms with E-state index in [4.69, 9.17) is 5.11 Å². The highest BCUT2D eigenvalue weighted by molar-refractivity contribution is 5.84. The molecule has 1 amide bonds. The quantitative estimate of drug-likeness (QED) is 0.847. The second-order valence-electron chi connectivity index (χ2n) is 4.52. The van der Waals surface area contributed by atoms with E-state index in [1.165, 1.54) is 12.4 Å². The Balaban J connectivity index is 1.94. The van der Waals surface area contributed by atoms with E-state index in [2.05, 4.69) is 9.97 Å². The Morgan fingerprint density at radius 1 is 1.44 bits per heavy atom. The molecule has 2 heterocycles. The lowest BCUT2D eigenvalue weighted by molar-refractivity contribution is -0.127. The van der Waals surface area contributed by atoms with E-state index in [1.54, 1.807) is 6.92 Å². The lowest BCUT2D eigenvalue weighted by Crippen LogP contribution is -2.26. The summed E-state index contributed by atoms with van der Waals surface area (Å²) in [5.74, 6) is -0.582. The molecular weight excluding hydrogens is 234 g/mol. The smallest absolute Gasteiger partial charge is 0.356 e. The van der Waals surface area contributed by atoms with Crippen molar-refractivity contribution in [3.05, 3.63) is 23.8 Å². The summed E-state index contributed by atoms with van der Waals surface area (Å²) < 4.78 is 0. The lowest BCUT2D eigenvalue weighted by atomic mass is 10.0. The van der Waals surface area contributed by atoms with Gasteiger partial charge in [-0.05, 0) is 18.8 Å². The Bertz CT molecular complexity index is 458. The van der Waals surface area contributed by atoms with Gasteiger partial charge in [0.15, 0.2) is 5.69 Å². The number of carboxylic acids is 1. The molecule has 0 bridgehead atoms. The van der Waals surface area contributed by atoms with Crippen molar-refractivity contribution in [2.45, 2.75) is 19.8 Å². The fourth-order valence-electron chi connectivity index (χ4n) is 2.15. The predicted molar refractivity (Wildman–Crippen MR) is 63.1 cm³/mol. The number of likely N-dealkylation sites (tertiary alicyclic amines) is 1. The van der Waals surface area contributed by atoms with Crippen molar-refractivity contribution >= 4 is 11.9 Å². The van der Waals surface area contributed by atoms with Gasteiger partial charge in [0, 0.05) is 26.2 Å². The van der Waals surface area contributed by atoms with Gasteiger partial charge in [0.05, 0.1) is 11.9 Å². The van der Waals surface area contributed by atoms with E-state index in [0.29, 0.717) is 5.92 Å². The number of aromatic nitrogens is 2. The van der Waals surface area contributed by atoms with Crippen LogP contribution in [0.1, 0.15) is 29.5 Å². The van der Waals surface area contributed by atoms with Gasteiger partial charge in [-0.2, -0.15) is 0 Å². The predicted octanol–water partition coefficient (Wildman–Crippen LogP) is 0.586. The van der Waals surface area contributed by atoms with Crippen LogP contribution in [0.4, 0.5) is 0 Å². The zero-order chi connectivity index (χ0) is 13.1. The molecule has 1 aromatic rings. The van der Waals surface area contributed by atoms with E-state index in [9.17, 15) is 9.59 Å². The van der Waals surface area contributed by atoms with Crippen molar-refractivity contribution in [1.29, 1.82) is 0 Å². The minimum absolute atomic E-state index is 0.0458. The van der Waals surface area contributed by atoms with Crippen LogP contribution in [-0.4, -0.2) is 44.9 Å². The number of hydrogen-bond donors (Lipinski definition) is 1. The summed E-state index contributed by atoms with van der Waals surface area (Å²) in [5, 5.41) is 8.71. The third-order valence-corrected chi connectivity index (χ3v) is 3.15. The zero-order valence-electron chi connectivity index (χ0n) is 10.2. The molecule has 0 aliphatic carbocycles. The first-order chi connectivity index (χ1) is 8.56. The highest BCUT2D eigenvalue weighted by Gasteiger charge is 2.24. The van der Waals surface area contributed by atoms with E-state index in [0.717, 1.165) is 31.6 Å². The minimum atomic E-state index is -1.07. The van der Waals surface area contributed by atoms with Crippen molar-refractivity contribution in [2.75, 3.05) is 13.1 Å². The van der Waals surface area contributed by atoms with Gasteiger partial charge in [0.2, 0.25) is 5.91 Å². The molecule has 0 radical (unpaired) electrons. The average Bonchev–Trinajstić information content (AvgIpc) is 2.78. The van der Waals surface area contributed by atoms with Crippen molar-refractivity contribution in [3.63, 3.8) is 0 Å². The maximum absolute atomic E-state index is 11.2. The topological polar surface area (TPSA) is 83.4 Å². The number of carbonyl (C=O) groups is 2.